The van der Waals surface area contributed by atoms with Gasteiger partial charge in [-0.1, -0.05) is 51.4 Å². The third-order valence-electron chi connectivity index (χ3n) is 5.82. The number of halogens is 1. The van der Waals surface area contributed by atoms with E-state index in [1.165, 1.54) is 0 Å². The van der Waals surface area contributed by atoms with Crippen LogP contribution in [0.4, 0.5) is 0 Å². The van der Waals surface area contributed by atoms with E-state index < -0.39 is 16.7 Å². The molecule has 0 heterocycles. The van der Waals surface area contributed by atoms with Crippen LogP contribution in [0.2, 0.25) is 5.02 Å². The summed E-state index contributed by atoms with van der Waals surface area (Å²) in [4.78, 5) is 18.5. The second-order valence-corrected chi connectivity index (χ2v) is 11.3. The maximum absolute atomic E-state index is 12.9. The number of carbonyl (C=O) groups excluding carboxylic acids is 1. The number of ketones is 1. The fraction of sp³-hybridized carbons (Fsp3) is 0.600. The molecule has 0 saturated carbocycles. The van der Waals surface area contributed by atoms with E-state index >= 15 is 0 Å². The molecule has 1 aromatic rings. The number of aliphatic hydroxyl groups is 1. The molecule has 0 amide bonds. The number of nitrogens with zero attached hydrogens (tertiary/aromatic N) is 1. The number of Topliss-reactive ketones (excluding diaryl/α,β-unsaturated/α-hetero) is 1. The van der Waals surface area contributed by atoms with Gasteiger partial charge in [-0.15, -0.1) is 0 Å². The molecule has 0 fully saturated rings. The lowest BCUT2D eigenvalue weighted by Crippen LogP contribution is -2.33. The van der Waals surface area contributed by atoms with Crippen LogP contribution in [0.15, 0.2) is 41.3 Å². The minimum absolute atomic E-state index is 0.00718. The summed E-state index contributed by atoms with van der Waals surface area (Å²) < 4.78 is 18.0. The summed E-state index contributed by atoms with van der Waals surface area (Å²) in [6.45, 7) is 9.95. The number of carbonyl (C=O) groups is 1. The van der Waals surface area contributed by atoms with Crippen LogP contribution in [0, 0.1) is 17.8 Å². The Morgan fingerprint density at radius 2 is 1.91 bits per heavy atom. The number of rotatable bonds is 12. The standard InChI is InChI=1S/C25H36ClNO5S/c1-6-21(25-22(28)13-18(14-23(25)29)12-17(5)33(30)7-2)27-31-15-24(16(3)4)32-20-10-8-19(26)9-11-20/h8-11,13,16-18,24-25,28H,6-7,12,14-15H2,1-5H3. The molecule has 2 rings (SSSR count). The first-order valence-corrected chi connectivity index (χ1v) is 13.3. The van der Waals surface area contributed by atoms with Crippen LogP contribution < -0.4 is 4.74 Å². The zero-order valence-corrected chi connectivity index (χ0v) is 21.7. The first kappa shape index (κ1) is 27.4. The van der Waals surface area contributed by atoms with Crippen molar-refractivity contribution in [3.63, 3.8) is 0 Å². The second-order valence-electron chi connectivity index (χ2n) is 8.76. The van der Waals surface area contributed by atoms with Gasteiger partial charge in [0.25, 0.3) is 0 Å². The molecule has 1 N–H and O–H groups in total. The quantitative estimate of drug-likeness (QED) is 0.295. The van der Waals surface area contributed by atoms with Crippen molar-refractivity contribution < 1.29 is 23.7 Å². The van der Waals surface area contributed by atoms with Crippen LogP contribution >= 0.6 is 11.6 Å². The van der Waals surface area contributed by atoms with Crippen LogP contribution in [-0.4, -0.2) is 44.5 Å². The minimum Gasteiger partial charge on any atom is -0.511 e. The fourth-order valence-corrected chi connectivity index (χ4v) is 4.99. The SMILES string of the molecule is CCC(=NOCC(Oc1ccc(Cl)cc1)C(C)C)C1C(=O)CC(CC(C)S(=O)CC)C=C1O. The highest BCUT2D eigenvalue weighted by Crippen LogP contribution is 2.30. The molecule has 0 aromatic heterocycles. The summed E-state index contributed by atoms with van der Waals surface area (Å²) >= 11 is 5.93. The molecule has 5 unspecified atom stereocenters. The lowest BCUT2D eigenvalue weighted by atomic mass is 9.81. The van der Waals surface area contributed by atoms with Gasteiger partial charge in [0.1, 0.15) is 29.3 Å². The molecule has 184 valence electrons. The number of allylic oxidation sites excluding steroid dienone is 2. The molecule has 1 aromatic carbocycles. The number of aliphatic hydroxyl groups excluding tert-OH is 1. The van der Waals surface area contributed by atoms with E-state index in [0.717, 1.165) is 0 Å². The molecular weight excluding hydrogens is 462 g/mol. The van der Waals surface area contributed by atoms with Gasteiger partial charge in [-0.25, -0.2) is 0 Å². The lowest BCUT2D eigenvalue weighted by Gasteiger charge is -2.27. The van der Waals surface area contributed by atoms with Crippen LogP contribution in [0.5, 0.6) is 5.75 Å². The van der Waals surface area contributed by atoms with Crippen molar-refractivity contribution in [3.8, 4) is 5.75 Å². The fourth-order valence-electron chi connectivity index (χ4n) is 3.83. The molecule has 0 bridgehead atoms. The summed E-state index contributed by atoms with van der Waals surface area (Å²) in [6, 6.07) is 7.13. The molecule has 1 aliphatic rings. The molecule has 5 atom stereocenters. The highest BCUT2D eigenvalue weighted by atomic mass is 35.5. The Hall–Kier alpha value is -1.86. The van der Waals surface area contributed by atoms with Crippen LogP contribution in [-0.2, 0) is 20.4 Å². The van der Waals surface area contributed by atoms with Crippen molar-refractivity contribution in [2.24, 2.45) is 22.9 Å². The number of benzene rings is 1. The molecule has 0 spiro atoms. The zero-order valence-electron chi connectivity index (χ0n) is 20.1. The molecule has 8 heteroatoms. The molecule has 33 heavy (non-hydrogen) atoms. The van der Waals surface area contributed by atoms with Crippen molar-refractivity contribution in [1.29, 1.82) is 0 Å². The third-order valence-corrected chi connectivity index (χ3v) is 7.73. The van der Waals surface area contributed by atoms with Gasteiger partial charge in [0.15, 0.2) is 6.61 Å². The van der Waals surface area contributed by atoms with Gasteiger partial charge >= 0.3 is 0 Å². The normalized spacial score (nSPS) is 22.0. The largest absolute Gasteiger partial charge is 0.511 e. The molecule has 6 nitrogen and oxygen atoms in total. The van der Waals surface area contributed by atoms with Crippen molar-refractivity contribution in [3.05, 3.63) is 41.1 Å². The average molecular weight is 498 g/mol. The first-order valence-electron chi connectivity index (χ1n) is 11.6. The van der Waals surface area contributed by atoms with Gasteiger partial charge in [0.2, 0.25) is 0 Å². The number of hydrogen-bond donors (Lipinski definition) is 1. The van der Waals surface area contributed by atoms with Gasteiger partial charge in [-0.3, -0.25) is 9.00 Å². The Balaban J connectivity index is 2.04. The van der Waals surface area contributed by atoms with Gasteiger partial charge in [0.05, 0.1) is 5.71 Å². The first-order chi connectivity index (χ1) is 15.7. The van der Waals surface area contributed by atoms with Crippen LogP contribution in [0.3, 0.4) is 0 Å². The molecule has 1 aliphatic carbocycles. The Kier molecular flexibility index (Phi) is 10.9. The summed E-state index contributed by atoms with van der Waals surface area (Å²) in [5, 5.41) is 15.5. The van der Waals surface area contributed by atoms with E-state index in [-0.39, 0.29) is 41.3 Å². The van der Waals surface area contributed by atoms with E-state index in [4.69, 9.17) is 21.2 Å². The predicted molar refractivity (Wildman–Crippen MR) is 134 cm³/mol. The highest BCUT2D eigenvalue weighted by molar-refractivity contribution is 7.85. The molecule has 0 saturated heterocycles. The van der Waals surface area contributed by atoms with Crippen LogP contribution in [0.1, 0.15) is 53.9 Å². The van der Waals surface area contributed by atoms with Crippen LogP contribution in [0.25, 0.3) is 0 Å². The van der Waals surface area contributed by atoms with Crippen molar-refractivity contribution in [2.45, 2.75) is 65.2 Å². The summed E-state index contributed by atoms with van der Waals surface area (Å²) in [5.41, 5.74) is 0.492. The Morgan fingerprint density at radius 3 is 2.45 bits per heavy atom. The third kappa shape index (κ3) is 8.14. The van der Waals surface area contributed by atoms with Crippen molar-refractivity contribution in [1.82, 2.24) is 0 Å². The molecular formula is C25H36ClNO5S. The second kappa shape index (κ2) is 13.1. The monoisotopic (exact) mass is 497 g/mol. The maximum Gasteiger partial charge on any atom is 0.154 e. The number of hydrogen-bond acceptors (Lipinski definition) is 6. The smallest absolute Gasteiger partial charge is 0.154 e. The Bertz CT molecular complexity index is 868. The van der Waals surface area contributed by atoms with E-state index in [1.807, 2.05) is 34.6 Å². The summed E-state index contributed by atoms with van der Waals surface area (Å²) in [6.07, 6.45) is 2.86. The maximum atomic E-state index is 12.9. The van der Waals surface area contributed by atoms with E-state index in [9.17, 15) is 14.1 Å². The summed E-state index contributed by atoms with van der Waals surface area (Å²) in [7, 11) is -0.928. The lowest BCUT2D eigenvalue weighted by molar-refractivity contribution is -0.122. The van der Waals surface area contributed by atoms with E-state index in [0.29, 0.717) is 41.5 Å². The topological polar surface area (TPSA) is 85.2 Å². The van der Waals surface area contributed by atoms with Crippen molar-refractivity contribution >= 4 is 33.9 Å². The summed E-state index contributed by atoms with van der Waals surface area (Å²) in [5.74, 6) is 0.465. The Labute approximate surface area is 204 Å². The van der Waals surface area contributed by atoms with Gasteiger partial charge in [-0.05, 0) is 55.0 Å². The van der Waals surface area contributed by atoms with Gasteiger partial charge in [0, 0.05) is 33.2 Å². The van der Waals surface area contributed by atoms with Gasteiger partial charge < -0.3 is 14.7 Å². The highest BCUT2D eigenvalue weighted by Gasteiger charge is 2.35. The van der Waals surface area contributed by atoms with E-state index in [2.05, 4.69) is 5.16 Å². The van der Waals surface area contributed by atoms with Crippen molar-refractivity contribution in [2.75, 3.05) is 12.4 Å². The Morgan fingerprint density at radius 1 is 1.24 bits per heavy atom. The van der Waals surface area contributed by atoms with Gasteiger partial charge in [-0.2, -0.15) is 0 Å². The average Bonchev–Trinajstić information content (AvgIpc) is 2.77. The predicted octanol–water partition coefficient (Wildman–Crippen LogP) is 5.72. The molecule has 0 aliphatic heterocycles. The van der Waals surface area contributed by atoms with E-state index in [1.54, 1.807) is 30.3 Å². The minimum atomic E-state index is -0.928. The molecule has 0 radical (unpaired) electrons. The number of oxime groups is 1. The zero-order chi connectivity index (χ0) is 24.5. The number of ether oxygens (including phenoxy) is 1.